The molecular formula is C4H9Zr+3. The second-order valence-corrected chi connectivity index (χ2v) is 2.33. The van der Waals surface area contributed by atoms with Crippen LogP contribution in [0.3, 0.4) is 0 Å². The Morgan fingerprint density at radius 1 is 1.60 bits per heavy atom. The van der Waals surface area contributed by atoms with Gasteiger partial charge in [0.25, 0.3) is 0 Å². The molecule has 0 aromatic heterocycles. The van der Waals surface area contributed by atoms with Crippen LogP contribution in [0, 0.1) is 0 Å². The van der Waals surface area contributed by atoms with Crippen LogP contribution in [-0.2, 0) is 24.7 Å². The summed E-state index contributed by atoms with van der Waals surface area (Å²) in [5.41, 5.74) is 0. The zero-order valence-electron chi connectivity index (χ0n) is 3.62. The van der Waals surface area contributed by atoms with Crippen LogP contribution < -0.4 is 0 Å². The van der Waals surface area contributed by atoms with Crippen LogP contribution in [0.4, 0.5) is 0 Å². The third kappa shape index (κ3) is 4.88. The van der Waals surface area contributed by atoms with Gasteiger partial charge in [-0.1, -0.05) is 0 Å². The number of hydrogen-bond donors (Lipinski definition) is 0. The zero-order chi connectivity index (χ0) is 4.12. The second-order valence-electron chi connectivity index (χ2n) is 1.10. The van der Waals surface area contributed by atoms with Crippen molar-refractivity contribution in [3.63, 3.8) is 0 Å². The molecule has 0 atom stereocenters. The fourth-order valence-electron chi connectivity index (χ4n) is 0.177. The maximum atomic E-state index is 2.23. The molecule has 0 nitrogen and oxygen atoms in total. The van der Waals surface area contributed by atoms with E-state index in [2.05, 4.69) is 6.92 Å². The van der Waals surface area contributed by atoms with Gasteiger partial charge in [-0.15, -0.1) is 0 Å². The van der Waals surface area contributed by atoms with E-state index < -0.39 is 0 Å². The van der Waals surface area contributed by atoms with Crippen molar-refractivity contribution in [1.29, 1.82) is 0 Å². The summed E-state index contributed by atoms with van der Waals surface area (Å²) in [4.78, 5) is 0. The molecule has 0 amide bonds. The summed E-state index contributed by atoms with van der Waals surface area (Å²) < 4.78 is 1.43. The normalized spacial score (nSPS) is 8.60. The second kappa shape index (κ2) is 4.88. The molecule has 0 spiro atoms. The fraction of sp³-hybridized carbons (Fsp3) is 1.00. The van der Waals surface area contributed by atoms with Gasteiger partial charge in [-0.05, 0) is 0 Å². The van der Waals surface area contributed by atoms with Gasteiger partial charge in [0.05, 0.1) is 0 Å². The van der Waals surface area contributed by atoms with Gasteiger partial charge in [0, 0.05) is 0 Å². The van der Waals surface area contributed by atoms with Gasteiger partial charge in [-0.25, -0.2) is 0 Å². The zero-order valence-corrected chi connectivity index (χ0v) is 6.08. The van der Waals surface area contributed by atoms with E-state index in [1.54, 1.807) is 24.7 Å². The summed E-state index contributed by atoms with van der Waals surface area (Å²) in [7, 11) is 0. The number of hydrogen-bond acceptors (Lipinski definition) is 0. The number of unbranched alkanes of at least 4 members (excludes halogenated alkanes) is 1. The molecule has 0 aliphatic carbocycles. The topological polar surface area (TPSA) is 0 Å². The Labute approximate surface area is 48.8 Å². The first-order valence-corrected chi connectivity index (χ1v) is 3.80. The number of rotatable bonds is 2. The molecule has 0 aromatic rings. The van der Waals surface area contributed by atoms with Crippen LogP contribution in [0.5, 0.6) is 0 Å². The van der Waals surface area contributed by atoms with Gasteiger partial charge in [-0.3, -0.25) is 0 Å². The summed E-state index contributed by atoms with van der Waals surface area (Å²) in [6.45, 7) is 2.23. The Balaban J connectivity index is 2.19. The first-order valence-electron chi connectivity index (χ1n) is 2.06. The predicted octanol–water partition coefficient (Wildman–Crippen LogP) is 1.75. The maximum absolute atomic E-state index is 2.23. The van der Waals surface area contributed by atoms with Gasteiger partial charge < -0.3 is 0 Å². The van der Waals surface area contributed by atoms with Gasteiger partial charge >= 0.3 is 48.6 Å². The Bertz CT molecular complexity index is 11.1. The van der Waals surface area contributed by atoms with E-state index in [1.807, 2.05) is 0 Å². The summed E-state index contributed by atoms with van der Waals surface area (Å²) in [5.74, 6) is 0. The molecule has 5 heavy (non-hydrogen) atoms. The van der Waals surface area contributed by atoms with Crippen molar-refractivity contribution in [2.45, 2.75) is 23.9 Å². The van der Waals surface area contributed by atoms with E-state index in [0.717, 1.165) is 0 Å². The van der Waals surface area contributed by atoms with Crippen molar-refractivity contribution in [2.75, 3.05) is 0 Å². The molecule has 0 saturated carbocycles. The molecule has 0 rings (SSSR count). The van der Waals surface area contributed by atoms with Crippen LogP contribution in [0.15, 0.2) is 0 Å². The van der Waals surface area contributed by atoms with Crippen LogP contribution in [-0.4, -0.2) is 0 Å². The van der Waals surface area contributed by atoms with Gasteiger partial charge in [-0.2, -0.15) is 0 Å². The fourth-order valence-corrected chi connectivity index (χ4v) is 1.05. The Kier molecular flexibility index (Phi) is 5.75. The minimum atomic E-state index is 1.37. The molecule has 0 radical (unpaired) electrons. The Morgan fingerprint density at radius 2 is 2.20 bits per heavy atom. The van der Waals surface area contributed by atoms with Crippen molar-refractivity contribution >= 4 is 0 Å². The van der Waals surface area contributed by atoms with Crippen LogP contribution in [0.1, 0.15) is 19.8 Å². The quantitative estimate of drug-likeness (QED) is 0.560. The van der Waals surface area contributed by atoms with Gasteiger partial charge in [0.2, 0.25) is 0 Å². The predicted molar refractivity (Wildman–Crippen MR) is 19.7 cm³/mol. The summed E-state index contributed by atoms with van der Waals surface area (Å²) in [6.07, 6.45) is 2.80. The standard InChI is InChI=1S/C4H9.Zr/c1-3-4-2;/h1,3-4H2,2H3;/q;+3. The first kappa shape index (κ1) is 5.88. The average molecular weight is 148 g/mol. The van der Waals surface area contributed by atoms with E-state index in [9.17, 15) is 0 Å². The average Bonchev–Trinajstić information content (AvgIpc) is 1.41. The first-order chi connectivity index (χ1) is 2.41. The van der Waals surface area contributed by atoms with Gasteiger partial charge in [0.15, 0.2) is 0 Å². The van der Waals surface area contributed by atoms with E-state index in [1.165, 1.54) is 17.0 Å². The molecule has 26 valence electrons. The van der Waals surface area contributed by atoms with E-state index in [4.69, 9.17) is 0 Å². The molecule has 0 aliphatic rings. The van der Waals surface area contributed by atoms with Crippen molar-refractivity contribution in [1.82, 2.24) is 0 Å². The molecule has 0 bridgehead atoms. The van der Waals surface area contributed by atoms with E-state index in [0.29, 0.717) is 0 Å². The van der Waals surface area contributed by atoms with Crippen LogP contribution >= 0.6 is 0 Å². The monoisotopic (exact) mass is 147 g/mol. The van der Waals surface area contributed by atoms with Crippen LogP contribution in [0.25, 0.3) is 0 Å². The van der Waals surface area contributed by atoms with Crippen molar-refractivity contribution in [3.8, 4) is 0 Å². The SMILES string of the molecule is CCC[CH2][Zr+3]. The molecule has 0 N–H and O–H groups in total. The van der Waals surface area contributed by atoms with Gasteiger partial charge in [0.1, 0.15) is 0 Å². The van der Waals surface area contributed by atoms with Crippen molar-refractivity contribution < 1.29 is 24.7 Å². The van der Waals surface area contributed by atoms with E-state index in [-0.39, 0.29) is 0 Å². The molecule has 0 heterocycles. The Hall–Kier alpha value is 0.883. The van der Waals surface area contributed by atoms with Crippen LogP contribution in [0.2, 0.25) is 4.13 Å². The summed E-state index contributed by atoms with van der Waals surface area (Å²) >= 11 is 1.68. The van der Waals surface area contributed by atoms with Crippen molar-refractivity contribution in [2.24, 2.45) is 0 Å². The molecular weight excluding hydrogens is 139 g/mol. The molecule has 1 heteroatoms. The molecule has 0 fully saturated rings. The molecule has 0 unspecified atom stereocenters. The molecule has 0 saturated heterocycles. The third-order valence-electron chi connectivity index (χ3n) is 0.530. The van der Waals surface area contributed by atoms with Crippen molar-refractivity contribution in [3.05, 3.63) is 0 Å². The minimum absolute atomic E-state index is 1.37. The molecule has 0 aliphatic heterocycles. The van der Waals surface area contributed by atoms with E-state index >= 15 is 0 Å². The third-order valence-corrected chi connectivity index (χ3v) is 1.40. The summed E-state index contributed by atoms with van der Waals surface area (Å²) in [6, 6.07) is 0. The molecule has 0 aromatic carbocycles. The Morgan fingerprint density at radius 3 is 2.20 bits per heavy atom. The summed E-state index contributed by atoms with van der Waals surface area (Å²) in [5, 5.41) is 0.